The van der Waals surface area contributed by atoms with E-state index in [4.69, 9.17) is 5.73 Å². The van der Waals surface area contributed by atoms with Crippen LogP contribution < -0.4 is 5.73 Å². The molecule has 1 aromatic carbocycles. The number of nitrogens with two attached hydrogens (primary N) is 1. The van der Waals surface area contributed by atoms with Gasteiger partial charge in [0.15, 0.2) is 0 Å². The lowest BCUT2D eigenvalue weighted by Crippen LogP contribution is -2.29. The van der Waals surface area contributed by atoms with Gasteiger partial charge in [0.05, 0.1) is 30.4 Å². The second kappa shape index (κ2) is 4.92. The molecule has 0 fully saturated rings. The molecule has 5 nitrogen and oxygen atoms in total. The number of benzene rings is 1. The van der Waals surface area contributed by atoms with Crippen molar-refractivity contribution >= 4 is 5.82 Å². The van der Waals surface area contributed by atoms with E-state index in [0.717, 1.165) is 29.8 Å². The number of hydrogen-bond acceptors (Lipinski definition) is 4. The highest BCUT2D eigenvalue weighted by atomic mass is 16.3. The largest absolute Gasteiger partial charge is 0.388 e. The minimum Gasteiger partial charge on any atom is -0.388 e. The van der Waals surface area contributed by atoms with E-state index >= 15 is 0 Å². The van der Waals surface area contributed by atoms with Crippen LogP contribution in [0.25, 0.3) is 11.3 Å². The maximum atomic E-state index is 11.0. The minimum atomic E-state index is -0.548. The fraction of sp³-hybridized carbons (Fsp3) is 0.263. The molecule has 0 spiro atoms. The summed E-state index contributed by atoms with van der Waals surface area (Å²) in [5.41, 5.74) is 11.2. The Morgan fingerprint density at radius 3 is 2.92 bits per heavy atom. The fourth-order valence-electron chi connectivity index (χ4n) is 4.33. The van der Waals surface area contributed by atoms with Crippen LogP contribution in [0.1, 0.15) is 35.4 Å². The number of aryl methyl sites for hydroxylation is 1. The molecule has 3 atom stereocenters. The van der Waals surface area contributed by atoms with Crippen LogP contribution in [0.3, 0.4) is 0 Å². The van der Waals surface area contributed by atoms with Crippen molar-refractivity contribution in [2.24, 2.45) is 5.92 Å². The number of rotatable bonds is 1. The van der Waals surface area contributed by atoms with Gasteiger partial charge < -0.3 is 15.4 Å². The molecule has 3 aromatic rings. The van der Waals surface area contributed by atoms with Gasteiger partial charge in [-0.3, -0.25) is 0 Å². The third-order valence-electron chi connectivity index (χ3n) is 5.40. The number of aliphatic hydroxyl groups excluding tert-OH is 1. The molecule has 0 saturated heterocycles. The molecule has 5 rings (SSSR count). The molecular formula is C19H18N4O. The minimum absolute atomic E-state index is 0.0968. The van der Waals surface area contributed by atoms with Gasteiger partial charge >= 0.3 is 0 Å². The van der Waals surface area contributed by atoms with Crippen molar-refractivity contribution in [3.05, 3.63) is 65.7 Å². The second-order valence-electron chi connectivity index (χ2n) is 6.64. The highest BCUT2D eigenvalue weighted by Crippen LogP contribution is 2.49. The zero-order valence-electron chi connectivity index (χ0n) is 13.1. The van der Waals surface area contributed by atoms with E-state index < -0.39 is 6.10 Å². The lowest BCUT2D eigenvalue weighted by Gasteiger charge is -2.34. The van der Waals surface area contributed by atoms with Crippen LogP contribution >= 0.6 is 0 Å². The lowest BCUT2D eigenvalue weighted by molar-refractivity contribution is 0.0711. The van der Waals surface area contributed by atoms with Gasteiger partial charge in [0.2, 0.25) is 0 Å². The van der Waals surface area contributed by atoms with E-state index in [0.29, 0.717) is 5.82 Å². The molecular weight excluding hydrogens is 300 g/mol. The molecule has 2 unspecified atom stereocenters. The van der Waals surface area contributed by atoms with Crippen LogP contribution in [0.5, 0.6) is 0 Å². The standard InChI is InChI=1S/C19H18N4O/c20-17-8-6-13-15(22-17)7-5-14(19(13)24)18-12-4-2-1-3-11(12)16-9-21-10-23(16)18/h1-4,6,8-10,14,18-19,24H,5,7H2,(H2,20,22)/t14?,18-,19?/m0/s1. The average Bonchev–Trinajstić information content (AvgIpc) is 3.16. The summed E-state index contributed by atoms with van der Waals surface area (Å²) in [7, 11) is 0. The van der Waals surface area contributed by atoms with Gasteiger partial charge in [0.25, 0.3) is 0 Å². The number of nitrogens with zero attached hydrogens (tertiary/aromatic N) is 3. The summed E-state index contributed by atoms with van der Waals surface area (Å²) < 4.78 is 2.20. The van der Waals surface area contributed by atoms with Crippen LogP contribution in [0.15, 0.2) is 48.9 Å². The Morgan fingerprint density at radius 1 is 1.12 bits per heavy atom. The Labute approximate surface area is 139 Å². The second-order valence-corrected chi connectivity index (χ2v) is 6.64. The number of fused-ring (bicyclic) bond motifs is 4. The highest BCUT2D eigenvalue weighted by molar-refractivity contribution is 5.69. The van der Waals surface area contributed by atoms with Crippen LogP contribution in [-0.4, -0.2) is 19.6 Å². The summed E-state index contributed by atoms with van der Waals surface area (Å²) in [5.74, 6) is 0.613. The van der Waals surface area contributed by atoms with Crippen molar-refractivity contribution in [1.82, 2.24) is 14.5 Å². The molecule has 0 radical (unpaired) electrons. The number of imidazole rings is 1. The summed E-state index contributed by atoms with van der Waals surface area (Å²) >= 11 is 0. The maximum absolute atomic E-state index is 11.0. The number of anilines is 1. The van der Waals surface area contributed by atoms with Gasteiger partial charge in [-0.05, 0) is 24.5 Å². The summed E-state index contributed by atoms with van der Waals surface area (Å²) in [4.78, 5) is 8.72. The van der Waals surface area contributed by atoms with Gasteiger partial charge in [-0.25, -0.2) is 9.97 Å². The Bertz CT molecular complexity index is 933. The van der Waals surface area contributed by atoms with Crippen molar-refractivity contribution in [1.29, 1.82) is 0 Å². The van der Waals surface area contributed by atoms with Gasteiger partial charge in [0.1, 0.15) is 5.82 Å². The summed E-state index contributed by atoms with van der Waals surface area (Å²) in [5, 5.41) is 11.0. The predicted molar refractivity (Wildman–Crippen MR) is 91.2 cm³/mol. The Morgan fingerprint density at radius 2 is 2.00 bits per heavy atom. The van der Waals surface area contributed by atoms with E-state index in [1.807, 2.05) is 18.6 Å². The molecule has 3 N–H and O–H groups in total. The monoisotopic (exact) mass is 318 g/mol. The zero-order chi connectivity index (χ0) is 16.3. The van der Waals surface area contributed by atoms with Crippen molar-refractivity contribution in [2.45, 2.75) is 25.0 Å². The SMILES string of the molecule is Nc1ccc2c(n1)CCC([C@@H]1c3ccccc3-c3cncn31)C2O. The number of nitrogen functional groups attached to an aromatic ring is 1. The zero-order valence-corrected chi connectivity index (χ0v) is 13.1. The van der Waals surface area contributed by atoms with Crippen molar-refractivity contribution in [2.75, 3.05) is 5.73 Å². The first kappa shape index (κ1) is 13.7. The van der Waals surface area contributed by atoms with Crippen LogP contribution in [0.4, 0.5) is 5.82 Å². The average molecular weight is 318 g/mol. The smallest absolute Gasteiger partial charge is 0.123 e. The molecule has 3 heterocycles. The van der Waals surface area contributed by atoms with Crippen molar-refractivity contribution in [3.63, 3.8) is 0 Å². The first-order valence-electron chi connectivity index (χ1n) is 8.28. The predicted octanol–water partition coefficient (Wildman–Crippen LogP) is 2.73. The Hall–Kier alpha value is -2.66. The summed E-state index contributed by atoms with van der Waals surface area (Å²) in [6.45, 7) is 0. The van der Waals surface area contributed by atoms with Crippen molar-refractivity contribution in [3.8, 4) is 11.3 Å². The number of aliphatic hydroxyl groups is 1. The molecule has 2 aliphatic rings. The van der Waals surface area contributed by atoms with Gasteiger partial charge in [0, 0.05) is 22.7 Å². The summed E-state index contributed by atoms with van der Waals surface area (Å²) in [6.07, 6.45) is 4.95. The topological polar surface area (TPSA) is 77.0 Å². The van der Waals surface area contributed by atoms with E-state index in [-0.39, 0.29) is 12.0 Å². The maximum Gasteiger partial charge on any atom is 0.123 e. The Balaban J connectivity index is 1.62. The molecule has 0 saturated carbocycles. The van der Waals surface area contributed by atoms with Gasteiger partial charge in [-0.2, -0.15) is 0 Å². The van der Waals surface area contributed by atoms with E-state index in [2.05, 4.69) is 38.8 Å². The molecule has 24 heavy (non-hydrogen) atoms. The third kappa shape index (κ3) is 1.79. The molecule has 1 aliphatic carbocycles. The molecule has 2 aromatic heterocycles. The van der Waals surface area contributed by atoms with E-state index in [1.165, 1.54) is 11.1 Å². The first-order valence-corrected chi connectivity index (χ1v) is 8.28. The number of aromatic nitrogens is 3. The van der Waals surface area contributed by atoms with Crippen LogP contribution in [0, 0.1) is 5.92 Å². The summed E-state index contributed by atoms with van der Waals surface area (Å²) in [6, 6.07) is 12.2. The van der Waals surface area contributed by atoms with Crippen LogP contribution in [-0.2, 0) is 6.42 Å². The molecule has 0 amide bonds. The number of pyridine rings is 1. The fourth-order valence-corrected chi connectivity index (χ4v) is 4.33. The van der Waals surface area contributed by atoms with Crippen molar-refractivity contribution < 1.29 is 5.11 Å². The number of hydrogen-bond donors (Lipinski definition) is 2. The van der Waals surface area contributed by atoms with Crippen LogP contribution in [0.2, 0.25) is 0 Å². The molecule has 0 bridgehead atoms. The quantitative estimate of drug-likeness (QED) is 0.723. The van der Waals surface area contributed by atoms with E-state index in [9.17, 15) is 5.11 Å². The normalized spacial score (nSPS) is 24.3. The van der Waals surface area contributed by atoms with Gasteiger partial charge in [-0.15, -0.1) is 0 Å². The molecule has 120 valence electrons. The first-order chi connectivity index (χ1) is 11.7. The highest BCUT2D eigenvalue weighted by Gasteiger charge is 2.40. The van der Waals surface area contributed by atoms with E-state index in [1.54, 1.807) is 6.07 Å². The Kier molecular flexibility index (Phi) is 2.82. The molecule has 5 heteroatoms. The third-order valence-corrected chi connectivity index (χ3v) is 5.40. The molecule has 1 aliphatic heterocycles. The lowest BCUT2D eigenvalue weighted by atomic mass is 9.77. The van der Waals surface area contributed by atoms with Gasteiger partial charge in [-0.1, -0.05) is 30.3 Å².